The number of anilines is 5. The molecule has 0 bridgehead atoms. The van der Waals surface area contributed by atoms with Crippen LogP contribution >= 0.6 is 0 Å². The second kappa shape index (κ2) is 10.4. The second-order valence-electron chi connectivity index (χ2n) is 7.70. The molecule has 4 rings (SSSR count). The van der Waals surface area contributed by atoms with Gasteiger partial charge in [0.2, 0.25) is 5.91 Å². The van der Waals surface area contributed by atoms with Gasteiger partial charge in [0.25, 0.3) is 0 Å². The molecule has 2 aromatic carbocycles. The lowest BCUT2D eigenvalue weighted by Crippen LogP contribution is -2.20. The summed E-state index contributed by atoms with van der Waals surface area (Å²) in [6.45, 7) is 4.03. The normalized spacial score (nSPS) is 11.5. The van der Waals surface area contributed by atoms with E-state index in [1.807, 2.05) is 86.6 Å². The first kappa shape index (κ1) is 22.0. The van der Waals surface area contributed by atoms with E-state index in [0.717, 1.165) is 34.7 Å². The molecule has 0 saturated carbocycles. The van der Waals surface area contributed by atoms with Crippen LogP contribution in [0.5, 0.6) is 0 Å². The van der Waals surface area contributed by atoms with Crippen molar-refractivity contribution in [3.05, 3.63) is 96.4 Å². The molecule has 1 unspecified atom stereocenters. The lowest BCUT2D eigenvalue weighted by atomic mass is 9.95. The molecule has 0 fully saturated rings. The fraction of sp³-hybridized carbons (Fsp3) is 0.154. The minimum absolute atomic E-state index is 0.0133. The third-order valence-corrected chi connectivity index (χ3v) is 5.19. The Kier molecular flexibility index (Phi) is 6.90. The number of hydrogen-bond donors (Lipinski definition) is 3. The van der Waals surface area contributed by atoms with Crippen molar-refractivity contribution in [1.82, 2.24) is 15.0 Å². The number of hydrogen-bond acceptors (Lipinski definition) is 6. The molecular formula is C26H26N6O. The Balaban J connectivity index is 1.39. The van der Waals surface area contributed by atoms with Gasteiger partial charge < -0.3 is 16.0 Å². The molecule has 0 saturated heterocycles. The fourth-order valence-corrected chi connectivity index (χ4v) is 3.50. The van der Waals surface area contributed by atoms with Crippen molar-refractivity contribution < 1.29 is 4.79 Å². The monoisotopic (exact) mass is 438 g/mol. The number of aromatic nitrogens is 3. The van der Waals surface area contributed by atoms with Crippen molar-refractivity contribution in [2.75, 3.05) is 16.0 Å². The van der Waals surface area contributed by atoms with Crippen LogP contribution < -0.4 is 16.0 Å². The molecule has 0 aliphatic rings. The van der Waals surface area contributed by atoms with Crippen molar-refractivity contribution in [2.45, 2.75) is 26.2 Å². The molecule has 1 atom stereocenters. The molecule has 4 aromatic rings. The topological polar surface area (TPSA) is 91.8 Å². The first-order valence-corrected chi connectivity index (χ1v) is 10.9. The summed E-state index contributed by atoms with van der Waals surface area (Å²) < 4.78 is 0. The number of benzene rings is 2. The summed E-state index contributed by atoms with van der Waals surface area (Å²) in [5, 5.41) is 9.45. The van der Waals surface area contributed by atoms with E-state index in [0.29, 0.717) is 11.6 Å². The predicted molar refractivity (Wildman–Crippen MR) is 132 cm³/mol. The second-order valence-corrected chi connectivity index (χ2v) is 7.70. The Bertz CT molecular complexity index is 1210. The maximum absolute atomic E-state index is 12.8. The van der Waals surface area contributed by atoms with Gasteiger partial charge in [-0.05, 0) is 60.9 Å². The predicted octanol–water partition coefficient (Wildman–Crippen LogP) is 5.80. The van der Waals surface area contributed by atoms with Gasteiger partial charge in [0.1, 0.15) is 23.8 Å². The first-order valence-electron chi connectivity index (χ1n) is 10.9. The Labute approximate surface area is 193 Å². The zero-order valence-corrected chi connectivity index (χ0v) is 18.6. The number of carbonyl (C=O) groups is 1. The quantitative estimate of drug-likeness (QED) is 0.322. The van der Waals surface area contributed by atoms with Crippen LogP contribution in [0.25, 0.3) is 0 Å². The molecule has 0 aliphatic carbocycles. The summed E-state index contributed by atoms with van der Waals surface area (Å²) in [5.74, 6) is 1.81. The van der Waals surface area contributed by atoms with E-state index in [4.69, 9.17) is 0 Å². The van der Waals surface area contributed by atoms with E-state index in [2.05, 4.69) is 30.9 Å². The van der Waals surface area contributed by atoms with Crippen molar-refractivity contribution in [2.24, 2.45) is 0 Å². The van der Waals surface area contributed by atoms with Gasteiger partial charge in [-0.15, -0.1) is 0 Å². The standard InChI is InChI=1S/C26H26N6O/c1-3-22(19-7-5-4-6-8-19)26(33)31-21-11-9-20(10-12-21)30-24-16-25(29-17-28-24)32-23-15-18(2)13-14-27-23/h4-17,22H,3H2,1-2H3,(H,31,33)(H2,27,28,29,30,32). The van der Waals surface area contributed by atoms with Gasteiger partial charge in [-0.2, -0.15) is 0 Å². The lowest BCUT2D eigenvalue weighted by molar-refractivity contribution is -0.117. The molecule has 2 aromatic heterocycles. The molecule has 0 radical (unpaired) electrons. The largest absolute Gasteiger partial charge is 0.340 e. The number of aryl methyl sites for hydroxylation is 1. The number of pyridine rings is 1. The summed E-state index contributed by atoms with van der Waals surface area (Å²) in [4.78, 5) is 25.6. The van der Waals surface area contributed by atoms with E-state index in [-0.39, 0.29) is 11.8 Å². The van der Waals surface area contributed by atoms with Crippen LogP contribution in [0, 0.1) is 6.92 Å². The highest BCUT2D eigenvalue weighted by Crippen LogP contribution is 2.23. The number of nitrogens with one attached hydrogen (secondary N) is 3. The van der Waals surface area contributed by atoms with Crippen LogP contribution in [0.4, 0.5) is 28.8 Å². The maximum atomic E-state index is 12.8. The highest BCUT2D eigenvalue weighted by molar-refractivity contribution is 5.96. The Hall–Kier alpha value is -4.26. The third kappa shape index (κ3) is 5.92. The summed E-state index contributed by atoms with van der Waals surface area (Å²) in [5.41, 5.74) is 3.72. The average molecular weight is 439 g/mol. The summed E-state index contributed by atoms with van der Waals surface area (Å²) >= 11 is 0. The molecule has 0 aliphatic heterocycles. The smallest absolute Gasteiger partial charge is 0.231 e. The highest BCUT2D eigenvalue weighted by Gasteiger charge is 2.18. The minimum atomic E-state index is -0.182. The number of rotatable bonds is 8. The maximum Gasteiger partial charge on any atom is 0.231 e. The molecule has 166 valence electrons. The zero-order valence-electron chi connectivity index (χ0n) is 18.6. The fourth-order valence-electron chi connectivity index (χ4n) is 3.50. The SMILES string of the molecule is CCC(C(=O)Nc1ccc(Nc2cc(Nc3cc(C)ccn3)ncn2)cc1)c1ccccc1. The van der Waals surface area contributed by atoms with Gasteiger partial charge in [0.05, 0.1) is 5.92 Å². The number of amides is 1. The molecule has 2 heterocycles. The van der Waals surface area contributed by atoms with Crippen LogP contribution in [0.2, 0.25) is 0 Å². The van der Waals surface area contributed by atoms with Crippen LogP contribution in [-0.4, -0.2) is 20.9 Å². The summed E-state index contributed by atoms with van der Waals surface area (Å²) in [7, 11) is 0. The zero-order chi connectivity index (χ0) is 23.0. The number of carbonyl (C=O) groups excluding carboxylic acids is 1. The van der Waals surface area contributed by atoms with Crippen LogP contribution in [-0.2, 0) is 4.79 Å². The number of nitrogens with zero attached hydrogens (tertiary/aromatic N) is 3. The van der Waals surface area contributed by atoms with Gasteiger partial charge in [0.15, 0.2) is 0 Å². The van der Waals surface area contributed by atoms with E-state index in [9.17, 15) is 4.79 Å². The molecule has 33 heavy (non-hydrogen) atoms. The minimum Gasteiger partial charge on any atom is -0.340 e. The Morgan fingerprint density at radius 2 is 1.48 bits per heavy atom. The molecule has 0 spiro atoms. The molecule has 1 amide bonds. The van der Waals surface area contributed by atoms with Gasteiger partial charge in [-0.25, -0.2) is 15.0 Å². The van der Waals surface area contributed by atoms with E-state index < -0.39 is 0 Å². The average Bonchev–Trinajstić information content (AvgIpc) is 2.82. The Morgan fingerprint density at radius 1 is 0.818 bits per heavy atom. The van der Waals surface area contributed by atoms with Crippen LogP contribution in [0.1, 0.15) is 30.4 Å². The first-order chi connectivity index (χ1) is 16.1. The van der Waals surface area contributed by atoms with Gasteiger partial charge in [0, 0.05) is 23.6 Å². The van der Waals surface area contributed by atoms with Crippen molar-refractivity contribution in [3.63, 3.8) is 0 Å². The van der Waals surface area contributed by atoms with Gasteiger partial charge >= 0.3 is 0 Å². The summed E-state index contributed by atoms with van der Waals surface area (Å²) in [6, 6.07) is 23.1. The van der Waals surface area contributed by atoms with Crippen molar-refractivity contribution in [1.29, 1.82) is 0 Å². The van der Waals surface area contributed by atoms with Crippen LogP contribution in [0.3, 0.4) is 0 Å². The molecular weight excluding hydrogens is 412 g/mol. The lowest BCUT2D eigenvalue weighted by Gasteiger charge is -2.16. The van der Waals surface area contributed by atoms with Crippen molar-refractivity contribution >= 4 is 34.7 Å². The third-order valence-electron chi connectivity index (χ3n) is 5.19. The van der Waals surface area contributed by atoms with Gasteiger partial charge in [-0.3, -0.25) is 4.79 Å². The van der Waals surface area contributed by atoms with E-state index >= 15 is 0 Å². The van der Waals surface area contributed by atoms with E-state index in [1.54, 1.807) is 6.20 Å². The van der Waals surface area contributed by atoms with E-state index in [1.165, 1.54) is 6.33 Å². The molecule has 3 N–H and O–H groups in total. The molecule has 7 heteroatoms. The van der Waals surface area contributed by atoms with Gasteiger partial charge in [-0.1, -0.05) is 37.3 Å². The Morgan fingerprint density at radius 3 is 2.18 bits per heavy atom. The highest BCUT2D eigenvalue weighted by atomic mass is 16.1. The molecule has 7 nitrogen and oxygen atoms in total. The van der Waals surface area contributed by atoms with Crippen molar-refractivity contribution in [3.8, 4) is 0 Å². The van der Waals surface area contributed by atoms with Crippen LogP contribution in [0.15, 0.2) is 85.3 Å². The summed E-state index contributed by atoms with van der Waals surface area (Å²) in [6.07, 6.45) is 3.97.